The second-order valence-corrected chi connectivity index (χ2v) is 4.41. The van der Waals surface area contributed by atoms with Crippen molar-refractivity contribution in [2.75, 3.05) is 0 Å². The van der Waals surface area contributed by atoms with Crippen LogP contribution < -0.4 is 5.32 Å². The first kappa shape index (κ1) is 11.8. The Morgan fingerprint density at radius 3 is 2.82 bits per heavy atom. The maximum atomic E-state index is 4.18. The van der Waals surface area contributed by atoms with Gasteiger partial charge in [-0.05, 0) is 0 Å². The van der Waals surface area contributed by atoms with Crippen molar-refractivity contribution in [1.29, 1.82) is 0 Å². The van der Waals surface area contributed by atoms with Crippen LogP contribution in [0.3, 0.4) is 0 Å². The zero-order valence-corrected chi connectivity index (χ0v) is 10.5. The lowest BCUT2D eigenvalue weighted by atomic mass is 10.3. The van der Waals surface area contributed by atoms with Gasteiger partial charge in [0.05, 0.1) is 18.6 Å². The molecule has 6 nitrogen and oxygen atoms in total. The largest absolute Gasteiger partial charge is 0.326 e. The fraction of sp³-hybridized carbons (Fsp3) is 0.545. The summed E-state index contributed by atoms with van der Waals surface area (Å²) in [6, 6.07) is 0.466. The van der Waals surface area contributed by atoms with E-state index in [1.54, 1.807) is 6.33 Å². The average Bonchev–Trinajstić information content (AvgIpc) is 2.87. The summed E-state index contributed by atoms with van der Waals surface area (Å²) in [5.74, 6) is 0.925. The van der Waals surface area contributed by atoms with E-state index in [2.05, 4.69) is 38.9 Å². The molecular formula is C11H18N6. The monoisotopic (exact) mass is 234 g/mol. The highest BCUT2D eigenvalue weighted by Crippen LogP contribution is 2.03. The number of hydrogen-bond acceptors (Lipinski definition) is 4. The molecule has 17 heavy (non-hydrogen) atoms. The molecule has 0 saturated carbocycles. The van der Waals surface area contributed by atoms with Gasteiger partial charge in [0.25, 0.3) is 0 Å². The molecule has 0 radical (unpaired) electrons. The highest BCUT2D eigenvalue weighted by Gasteiger charge is 2.06. The van der Waals surface area contributed by atoms with Crippen LogP contribution in [0.5, 0.6) is 0 Å². The summed E-state index contributed by atoms with van der Waals surface area (Å²) >= 11 is 0. The first-order valence-corrected chi connectivity index (χ1v) is 5.72. The Hall–Kier alpha value is -1.69. The van der Waals surface area contributed by atoms with Gasteiger partial charge in [-0.25, -0.2) is 4.98 Å². The smallest absolute Gasteiger partial charge is 0.152 e. The maximum absolute atomic E-state index is 4.18. The highest BCUT2D eigenvalue weighted by atomic mass is 15.3. The van der Waals surface area contributed by atoms with Crippen LogP contribution in [-0.4, -0.2) is 30.4 Å². The van der Waals surface area contributed by atoms with Crippen LogP contribution in [0.1, 0.15) is 25.4 Å². The molecule has 92 valence electrons. The predicted octanol–water partition coefficient (Wildman–Crippen LogP) is 0.558. The number of hydrogen-bond donors (Lipinski definition) is 1. The van der Waals surface area contributed by atoms with Crippen LogP contribution in [0.2, 0.25) is 0 Å². The van der Waals surface area contributed by atoms with E-state index in [0.29, 0.717) is 12.6 Å². The lowest BCUT2D eigenvalue weighted by molar-refractivity contribution is 0.559. The van der Waals surface area contributed by atoms with E-state index < -0.39 is 0 Å². The average molecular weight is 234 g/mol. The van der Waals surface area contributed by atoms with Crippen molar-refractivity contribution in [2.45, 2.75) is 33.0 Å². The summed E-state index contributed by atoms with van der Waals surface area (Å²) in [5.41, 5.74) is 1.15. The van der Waals surface area contributed by atoms with Crippen LogP contribution in [0.25, 0.3) is 0 Å². The van der Waals surface area contributed by atoms with Crippen LogP contribution in [0, 0.1) is 0 Å². The van der Waals surface area contributed by atoms with E-state index in [4.69, 9.17) is 0 Å². The van der Waals surface area contributed by atoms with Crippen molar-refractivity contribution >= 4 is 0 Å². The Morgan fingerprint density at radius 2 is 2.18 bits per heavy atom. The Kier molecular flexibility index (Phi) is 3.53. The summed E-state index contributed by atoms with van der Waals surface area (Å²) in [6.07, 6.45) is 5.41. The van der Waals surface area contributed by atoms with Crippen molar-refractivity contribution in [1.82, 2.24) is 29.6 Å². The number of aromatic nitrogens is 5. The second-order valence-electron chi connectivity index (χ2n) is 4.41. The van der Waals surface area contributed by atoms with Crippen molar-refractivity contribution in [2.24, 2.45) is 7.05 Å². The van der Waals surface area contributed by atoms with Crippen LogP contribution in [-0.2, 0) is 20.1 Å². The molecule has 0 spiro atoms. The Balaban J connectivity index is 2.06. The molecule has 0 aliphatic rings. The summed E-state index contributed by atoms with van der Waals surface area (Å²) in [5, 5.41) is 11.3. The van der Waals surface area contributed by atoms with Crippen molar-refractivity contribution in [3.63, 3.8) is 0 Å². The summed E-state index contributed by atoms with van der Waals surface area (Å²) in [4.78, 5) is 4.18. The lowest BCUT2D eigenvalue weighted by Crippen LogP contribution is -2.23. The standard InChI is InChI=1S/C11H18N6/c1-9(2)13-5-10-4-12-7-17(10)6-11-15-14-8-16(11)3/h4,7-9,13H,5-6H2,1-3H3. The molecule has 2 aromatic rings. The van der Waals surface area contributed by atoms with Gasteiger partial charge in [-0.2, -0.15) is 0 Å². The third kappa shape index (κ3) is 2.91. The number of rotatable bonds is 5. The minimum Gasteiger partial charge on any atom is -0.326 e. The van der Waals surface area contributed by atoms with Gasteiger partial charge < -0.3 is 14.5 Å². The van der Waals surface area contributed by atoms with Crippen LogP contribution >= 0.6 is 0 Å². The molecule has 0 aromatic carbocycles. The first-order chi connectivity index (χ1) is 8.16. The lowest BCUT2D eigenvalue weighted by Gasteiger charge is -2.10. The van der Waals surface area contributed by atoms with Crippen molar-refractivity contribution < 1.29 is 0 Å². The minimum atomic E-state index is 0.466. The van der Waals surface area contributed by atoms with Gasteiger partial charge in [-0.3, -0.25) is 0 Å². The highest BCUT2D eigenvalue weighted by molar-refractivity contribution is 5.01. The maximum Gasteiger partial charge on any atom is 0.152 e. The fourth-order valence-electron chi connectivity index (χ4n) is 1.55. The molecule has 0 aliphatic carbocycles. The number of nitrogens with one attached hydrogen (secondary N) is 1. The van der Waals surface area contributed by atoms with Gasteiger partial charge >= 0.3 is 0 Å². The molecule has 2 aromatic heterocycles. The van der Waals surface area contributed by atoms with Gasteiger partial charge in [0.2, 0.25) is 0 Å². The third-order valence-corrected chi connectivity index (χ3v) is 2.61. The molecule has 0 amide bonds. The number of nitrogens with zero attached hydrogens (tertiary/aromatic N) is 5. The summed E-state index contributed by atoms with van der Waals surface area (Å²) < 4.78 is 4.00. The predicted molar refractivity (Wildman–Crippen MR) is 64.3 cm³/mol. The van der Waals surface area contributed by atoms with Crippen LogP contribution in [0.15, 0.2) is 18.9 Å². The number of aryl methyl sites for hydroxylation is 1. The van der Waals surface area contributed by atoms with Gasteiger partial charge in [-0.15, -0.1) is 10.2 Å². The molecule has 0 aliphatic heterocycles. The topological polar surface area (TPSA) is 60.6 Å². The normalized spacial score (nSPS) is 11.3. The molecule has 1 N–H and O–H groups in total. The van der Waals surface area contributed by atoms with Gasteiger partial charge in [-0.1, -0.05) is 13.8 Å². The SMILES string of the molecule is CC(C)NCc1cncn1Cc1nncn1C. The second kappa shape index (κ2) is 5.09. The minimum absolute atomic E-state index is 0.466. The van der Waals surface area contributed by atoms with Gasteiger partial charge in [0, 0.05) is 25.8 Å². The van der Waals surface area contributed by atoms with Crippen LogP contribution in [0.4, 0.5) is 0 Å². The molecule has 0 atom stereocenters. The molecule has 0 fully saturated rings. The van der Waals surface area contributed by atoms with E-state index in [1.165, 1.54) is 0 Å². The zero-order chi connectivity index (χ0) is 12.3. The molecule has 0 saturated heterocycles. The van der Waals surface area contributed by atoms with Gasteiger partial charge in [0.15, 0.2) is 5.82 Å². The van der Waals surface area contributed by atoms with E-state index in [-0.39, 0.29) is 0 Å². The molecule has 0 unspecified atom stereocenters. The quantitative estimate of drug-likeness (QED) is 0.821. The number of imidazole rings is 1. The van der Waals surface area contributed by atoms with E-state index in [9.17, 15) is 0 Å². The fourth-order valence-corrected chi connectivity index (χ4v) is 1.55. The van der Waals surface area contributed by atoms with Crippen molar-refractivity contribution in [3.8, 4) is 0 Å². The molecule has 6 heteroatoms. The van der Waals surface area contributed by atoms with Crippen molar-refractivity contribution in [3.05, 3.63) is 30.4 Å². The summed E-state index contributed by atoms with van der Waals surface area (Å²) in [6.45, 7) is 5.77. The van der Waals surface area contributed by atoms with E-state index >= 15 is 0 Å². The zero-order valence-electron chi connectivity index (χ0n) is 10.5. The molecular weight excluding hydrogens is 216 g/mol. The van der Waals surface area contributed by atoms with E-state index in [1.807, 2.05) is 24.1 Å². The Bertz CT molecular complexity index is 470. The first-order valence-electron chi connectivity index (χ1n) is 5.72. The molecule has 0 bridgehead atoms. The summed E-state index contributed by atoms with van der Waals surface area (Å²) in [7, 11) is 1.94. The third-order valence-electron chi connectivity index (χ3n) is 2.61. The Labute approximate surface area is 101 Å². The molecule has 2 heterocycles. The Morgan fingerprint density at radius 1 is 1.35 bits per heavy atom. The van der Waals surface area contributed by atoms with Gasteiger partial charge in [0.1, 0.15) is 6.33 Å². The van der Waals surface area contributed by atoms with E-state index in [0.717, 1.165) is 18.1 Å². The molecule has 2 rings (SSSR count).